The number of carboxylic acid groups (broad SMARTS) is 3. The van der Waals surface area contributed by atoms with Gasteiger partial charge in [-0.3, -0.25) is 14.4 Å². The van der Waals surface area contributed by atoms with Gasteiger partial charge in [0.05, 0.1) is 18.3 Å². The molecule has 2 unspecified atom stereocenters. The summed E-state index contributed by atoms with van der Waals surface area (Å²) < 4.78 is 0. The average molecular weight is 288 g/mol. The Morgan fingerprint density at radius 3 is 1.75 bits per heavy atom. The minimum absolute atomic E-state index is 0.214. The molecular formula is C14H24O6. The highest BCUT2D eigenvalue weighted by atomic mass is 16.4. The van der Waals surface area contributed by atoms with Gasteiger partial charge in [0, 0.05) is 0 Å². The fourth-order valence-electron chi connectivity index (χ4n) is 2.23. The van der Waals surface area contributed by atoms with Gasteiger partial charge in [0.2, 0.25) is 0 Å². The predicted octanol–water partition coefficient (Wildman–Crippen LogP) is 2.61. The van der Waals surface area contributed by atoms with Crippen molar-refractivity contribution in [3.05, 3.63) is 0 Å². The summed E-state index contributed by atoms with van der Waals surface area (Å²) in [4.78, 5) is 32.8. The van der Waals surface area contributed by atoms with Gasteiger partial charge in [0.25, 0.3) is 0 Å². The van der Waals surface area contributed by atoms with Crippen LogP contribution in [0.15, 0.2) is 0 Å². The van der Waals surface area contributed by atoms with Gasteiger partial charge >= 0.3 is 17.9 Å². The van der Waals surface area contributed by atoms with Crippen LogP contribution in [0.25, 0.3) is 0 Å². The third-order valence-corrected chi connectivity index (χ3v) is 3.38. The van der Waals surface area contributed by atoms with Gasteiger partial charge in [0.15, 0.2) is 0 Å². The number of carbonyl (C=O) groups is 3. The third-order valence-electron chi connectivity index (χ3n) is 3.38. The lowest BCUT2D eigenvalue weighted by molar-refractivity contribution is -0.157. The highest BCUT2D eigenvalue weighted by Gasteiger charge is 2.34. The number of hydrogen-bond donors (Lipinski definition) is 3. The van der Waals surface area contributed by atoms with Crippen LogP contribution in [0.5, 0.6) is 0 Å². The molecule has 0 rings (SSSR count). The summed E-state index contributed by atoms with van der Waals surface area (Å²) in [6.07, 6.45) is 5.38. The van der Waals surface area contributed by atoms with E-state index >= 15 is 0 Å². The van der Waals surface area contributed by atoms with Crippen molar-refractivity contribution in [2.75, 3.05) is 0 Å². The molecule has 0 aliphatic heterocycles. The van der Waals surface area contributed by atoms with E-state index in [0.29, 0.717) is 6.42 Å². The highest BCUT2D eigenvalue weighted by Crippen LogP contribution is 2.23. The molecule has 0 bridgehead atoms. The Hall–Kier alpha value is -1.59. The first-order valence-electron chi connectivity index (χ1n) is 7.07. The summed E-state index contributed by atoms with van der Waals surface area (Å²) in [5.74, 6) is -6.36. The molecule has 0 radical (unpaired) electrons. The maximum Gasteiger partial charge on any atom is 0.307 e. The zero-order valence-electron chi connectivity index (χ0n) is 11.9. The molecule has 0 heterocycles. The molecule has 0 aromatic heterocycles. The molecule has 3 N–H and O–H groups in total. The van der Waals surface area contributed by atoms with Crippen molar-refractivity contribution in [1.82, 2.24) is 0 Å². The second kappa shape index (κ2) is 10.2. The minimum atomic E-state index is -1.36. The van der Waals surface area contributed by atoms with Crippen molar-refractivity contribution in [3.63, 3.8) is 0 Å². The zero-order valence-corrected chi connectivity index (χ0v) is 11.9. The maximum absolute atomic E-state index is 11.1. The van der Waals surface area contributed by atoms with Crippen LogP contribution in [-0.4, -0.2) is 33.2 Å². The number of carboxylic acids is 3. The van der Waals surface area contributed by atoms with Gasteiger partial charge in [-0.05, 0) is 6.42 Å². The van der Waals surface area contributed by atoms with Gasteiger partial charge in [-0.1, -0.05) is 45.4 Å². The Labute approximate surface area is 118 Å². The Morgan fingerprint density at radius 2 is 1.30 bits per heavy atom. The normalized spacial score (nSPS) is 13.7. The van der Waals surface area contributed by atoms with E-state index in [1.807, 2.05) is 0 Å². The lowest BCUT2D eigenvalue weighted by Crippen LogP contribution is -2.31. The first-order valence-corrected chi connectivity index (χ1v) is 7.07. The molecule has 0 aliphatic carbocycles. The van der Waals surface area contributed by atoms with Gasteiger partial charge in [0.1, 0.15) is 0 Å². The van der Waals surface area contributed by atoms with Crippen LogP contribution in [0.2, 0.25) is 0 Å². The molecule has 6 heteroatoms. The number of hydrogen-bond acceptors (Lipinski definition) is 3. The maximum atomic E-state index is 11.1. The molecule has 0 amide bonds. The van der Waals surface area contributed by atoms with Crippen molar-refractivity contribution < 1.29 is 29.7 Å². The third kappa shape index (κ3) is 7.76. The summed E-state index contributed by atoms with van der Waals surface area (Å²) in [7, 11) is 0. The zero-order chi connectivity index (χ0) is 15.5. The monoisotopic (exact) mass is 288 g/mol. The lowest BCUT2D eigenvalue weighted by Gasteiger charge is -2.18. The molecular weight excluding hydrogens is 264 g/mol. The summed E-state index contributed by atoms with van der Waals surface area (Å²) >= 11 is 0. The van der Waals surface area contributed by atoms with Crippen molar-refractivity contribution in [2.24, 2.45) is 11.8 Å². The molecule has 6 nitrogen and oxygen atoms in total. The van der Waals surface area contributed by atoms with Gasteiger partial charge < -0.3 is 15.3 Å². The molecule has 0 fully saturated rings. The van der Waals surface area contributed by atoms with Gasteiger partial charge in [-0.15, -0.1) is 0 Å². The van der Waals surface area contributed by atoms with Crippen LogP contribution in [0.1, 0.15) is 58.3 Å². The SMILES string of the molecule is CCCCCCCCC(C(=O)O)C(CC(=O)O)C(=O)O. The van der Waals surface area contributed by atoms with Crippen molar-refractivity contribution in [1.29, 1.82) is 0 Å². The molecule has 0 aliphatic rings. The van der Waals surface area contributed by atoms with Crippen LogP contribution < -0.4 is 0 Å². The van der Waals surface area contributed by atoms with E-state index in [9.17, 15) is 14.4 Å². The number of aliphatic carboxylic acids is 3. The van der Waals surface area contributed by atoms with Crippen LogP contribution in [0, 0.1) is 11.8 Å². The Kier molecular flexibility index (Phi) is 9.41. The second-order valence-electron chi connectivity index (χ2n) is 5.04. The molecule has 20 heavy (non-hydrogen) atoms. The quantitative estimate of drug-likeness (QED) is 0.476. The molecule has 0 aromatic rings. The number of rotatable bonds is 12. The van der Waals surface area contributed by atoms with Gasteiger partial charge in [-0.2, -0.15) is 0 Å². The Morgan fingerprint density at radius 1 is 0.800 bits per heavy atom. The van der Waals surface area contributed by atoms with Crippen LogP contribution in [-0.2, 0) is 14.4 Å². The van der Waals surface area contributed by atoms with E-state index in [0.717, 1.165) is 32.1 Å². The largest absolute Gasteiger partial charge is 0.481 e. The molecule has 0 saturated carbocycles. The minimum Gasteiger partial charge on any atom is -0.481 e. The highest BCUT2D eigenvalue weighted by molar-refractivity contribution is 5.83. The van der Waals surface area contributed by atoms with Gasteiger partial charge in [-0.25, -0.2) is 0 Å². The smallest absolute Gasteiger partial charge is 0.307 e. The summed E-state index contributed by atoms with van der Waals surface area (Å²) in [6, 6.07) is 0. The fourth-order valence-corrected chi connectivity index (χ4v) is 2.23. The Bertz CT molecular complexity index is 326. The molecule has 0 aromatic carbocycles. The van der Waals surface area contributed by atoms with E-state index < -0.39 is 36.2 Å². The van der Waals surface area contributed by atoms with Crippen LogP contribution in [0.4, 0.5) is 0 Å². The average Bonchev–Trinajstić information content (AvgIpc) is 2.35. The molecule has 0 saturated heterocycles. The first-order chi connectivity index (χ1) is 9.40. The van der Waals surface area contributed by atoms with E-state index in [1.165, 1.54) is 0 Å². The van der Waals surface area contributed by atoms with Crippen molar-refractivity contribution in [2.45, 2.75) is 58.3 Å². The molecule has 116 valence electrons. The topological polar surface area (TPSA) is 112 Å². The van der Waals surface area contributed by atoms with E-state index in [2.05, 4.69) is 6.92 Å². The summed E-state index contributed by atoms with van der Waals surface area (Å²) in [5, 5.41) is 26.8. The summed E-state index contributed by atoms with van der Waals surface area (Å²) in [6.45, 7) is 2.10. The van der Waals surface area contributed by atoms with Crippen molar-refractivity contribution >= 4 is 17.9 Å². The first kappa shape index (κ1) is 18.4. The van der Waals surface area contributed by atoms with Crippen LogP contribution in [0.3, 0.4) is 0 Å². The summed E-state index contributed by atoms with van der Waals surface area (Å²) in [5.41, 5.74) is 0. The standard InChI is InChI=1S/C14H24O6/c1-2-3-4-5-6-7-8-10(13(17)18)11(14(19)20)9-12(15)16/h10-11H,2-9H2,1H3,(H,15,16)(H,17,18)(H,19,20). The van der Waals surface area contributed by atoms with Crippen molar-refractivity contribution in [3.8, 4) is 0 Å². The predicted molar refractivity (Wildman–Crippen MR) is 72.5 cm³/mol. The van der Waals surface area contributed by atoms with Crippen LogP contribution >= 0.6 is 0 Å². The number of unbranched alkanes of at least 4 members (excludes halogenated alkanes) is 5. The van der Waals surface area contributed by atoms with E-state index in [4.69, 9.17) is 15.3 Å². The fraction of sp³-hybridized carbons (Fsp3) is 0.786. The van der Waals surface area contributed by atoms with E-state index in [1.54, 1.807) is 0 Å². The molecule has 0 spiro atoms. The van der Waals surface area contributed by atoms with E-state index in [-0.39, 0.29) is 6.42 Å². The Balaban J connectivity index is 4.35. The lowest BCUT2D eigenvalue weighted by atomic mass is 9.85. The second-order valence-corrected chi connectivity index (χ2v) is 5.04. The molecule has 2 atom stereocenters.